The van der Waals surface area contributed by atoms with Gasteiger partial charge in [-0.3, -0.25) is 4.79 Å². The van der Waals surface area contributed by atoms with Crippen molar-refractivity contribution in [1.29, 1.82) is 0 Å². The summed E-state index contributed by atoms with van der Waals surface area (Å²) in [7, 11) is 1.60. The van der Waals surface area contributed by atoms with Gasteiger partial charge in [-0.2, -0.15) is 0 Å². The molecule has 0 atom stereocenters. The first-order valence-electron chi connectivity index (χ1n) is 8.98. The molecule has 3 amide bonds. The number of anilines is 1. The number of carbonyl (C=O) groups is 2. The molecule has 2 aliphatic rings. The van der Waals surface area contributed by atoms with Crippen LogP contribution in [0.3, 0.4) is 0 Å². The Morgan fingerprint density at radius 3 is 2.67 bits per heavy atom. The van der Waals surface area contributed by atoms with Gasteiger partial charge in [0.15, 0.2) is 0 Å². The van der Waals surface area contributed by atoms with Crippen LogP contribution < -0.4 is 19.7 Å². The summed E-state index contributed by atoms with van der Waals surface area (Å²) in [6, 6.07) is 8.31. The van der Waals surface area contributed by atoms with Crippen LogP contribution in [0.25, 0.3) is 0 Å². The Hall–Kier alpha value is -3.09. The minimum absolute atomic E-state index is 0.195. The molecule has 7 heteroatoms. The molecule has 1 saturated carbocycles. The lowest BCUT2D eigenvalue weighted by atomic mass is 9.98. The molecule has 4 rings (SSSR count). The number of urea groups is 1. The molecule has 1 spiro atoms. The lowest BCUT2D eigenvalue weighted by Gasteiger charge is -2.20. The molecule has 140 valence electrons. The van der Waals surface area contributed by atoms with Crippen LogP contribution >= 0.6 is 0 Å². The van der Waals surface area contributed by atoms with E-state index >= 15 is 0 Å². The molecule has 0 radical (unpaired) electrons. The van der Waals surface area contributed by atoms with Crippen molar-refractivity contribution in [3.8, 4) is 17.4 Å². The highest BCUT2D eigenvalue weighted by Gasteiger charge is 2.52. The van der Waals surface area contributed by atoms with Crippen molar-refractivity contribution in [2.45, 2.75) is 38.1 Å². The molecule has 2 aromatic rings. The second kappa shape index (κ2) is 6.57. The first kappa shape index (κ1) is 17.3. The number of imide groups is 1. The number of nitrogens with one attached hydrogen (secondary N) is 1. The van der Waals surface area contributed by atoms with E-state index in [-0.39, 0.29) is 5.91 Å². The summed E-state index contributed by atoms with van der Waals surface area (Å²) in [4.78, 5) is 30.7. The van der Waals surface area contributed by atoms with Gasteiger partial charge in [0.25, 0.3) is 5.91 Å². The first-order chi connectivity index (χ1) is 13.0. The average Bonchev–Trinajstić information content (AvgIpc) is 3.22. The van der Waals surface area contributed by atoms with E-state index in [9.17, 15) is 9.59 Å². The molecule has 1 aliphatic heterocycles. The smallest absolute Gasteiger partial charge is 0.329 e. The molecule has 1 aromatic heterocycles. The highest BCUT2D eigenvalue weighted by molar-refractivity contribution is 6.23. The van der Waals surface area contributed by atoms with E-state index < -0.39 is 11.6 Å². The number of nitrogens with zero attached hydrogens (tertiary/aromatic N) is 2. The van der Waals surface area contributed by atoms with Crippen molar-refractivity contribution in [1.82, 2.24) is 10.3 Å². The van der Waals surface area contributed by atoms with E-state index in [1.54, 1.807) is 25.3 Å². The molecule has 1 aromatic carbocycles. The number of hydrogen-bond donors (Lipinski definition) is 1. The molecule has 0 bridgehead atoms. The minimum atomic E-state index is -0.744. The third-order valence-electron chi connectivity index (χ3n) is 5.20. The molecule has 1 N–H and O–H groups in total. The number of rotatable bonds is 4. The summed E-state index contributed by atoms with van der Waals surface area (Å²) in [6.45, 7) is 1.94. The number of aryl methyl sites for hydroxylation is 1. The topological polar surface area (TPSA) is 80.8 Å². The Morgan fingerprint density at radius 1 is 1.15 bits per heavy atom. The quantitative estimate of drug-likeness (QED) is 0.836. The van der Waals surface area contributed by atoms with E-state index in [1.165, 1.54) is 11.1 Å². The third-order valence-corrected chi connectivity index (χ3v) is 5.20. The zero-order chi connectivity index (χ0) is 19.0. The standard InChI is InChI=1S/C20H21N3O4/c1-13-5-6-15(12-16(13)26-2)27-17-11-14(7-10-21-17)23-18(24)20(22-19(23)25)8-3-4-9-20/h5-7,10-12H,3-4,8-9H2,1-2H3,(H,22,25). The highest BCUT2D eigenvalue weighted by atomic mass is 16.5. The summed E-state index contributed by atoms with van der Waals surface area (Å²) in [5.74, 6) is 1.37. The summed E-state index contributed by atoms with van der Waals surface area (Å²) in [5, 5.41) is 2.88. The molecule has 0 unspecified atom stereocenters. The maximum atomic E-state index is 12.9. The van der Waals surface area contributed by atoms with Gasteiger partial charge in [0.1, 0.15) is 17.0 Å². The van der Waals surface area contributed by atoms with E-state index in [2.05, 4.69) is 10.3 Å². The van der Waals surface area contributed by atoms with Gasteiger partial charge in [0, 0.05) is 18.3 Å². The van der Waals surface area contributed by atoms with Crippen LogP contribution in [0.1, 0.15) is 31.2 Å². The maximum absolute atomic E-state index is 12.9. The van der Waals surface area contributed by atoms with Crippen LogP contribution in [-0.2, 0) is 4.79 Å². The number of benzene rings is 1. The number of hydrogen-bond acceptors (Lipinski definition) is 5. The Bertz CT molecular complexity index is 906. The zero-order valence-electron chi connectivity index (χ0n) is 15.3. The van der Waals surface area contributed by atoms with Crippen molar-refractivity contribution in [3.05, 3.63) is 42.1 Å². The van der Waals surface area contributed by atoms with Gasteiger partial charge in [-0.05, 0) is 37.5 Å². The average molecular weight is 367 g/mol. The summed E-state index contributed by atoms with van der Waals surface area (Å²) < 4.78 is 11.1. The van der Waals surface area contributed by atoms with Crippen molar-refractivity contribution in [2.75, 3.05) is 12.0 Å². The lowest BCUT2D eigenvalue weighted by molar-refractivity contribution is -0.121. The molecule has 1 aliphatic carbocycles. The van der Waals surface area contributed by atoms with Gasteiger partial charge in [-0.15, -0.1) is 0 Å². The SMILES string of the molecule is COc1cc(Oc2cc(N3C(=O)NC4(CCCC4)C3=O)ccn2)ccc1C. The van der Waals surface area contributed by atoms with Crippen LogP contribution in [-0.4, -0.2) is 29.6 Å². The van der Waals surface area contributed by atoms with Crippen LogP contribution in [0.2, 0.25) is 0 Å². The summed E-state index contributed by atoms with van der Waals surface area (Å²) >= 11 is 0. The van der Waals surface area contributed by atoms with Gasteiger partial charge in [0.2, 0.25) is 5.88 Å². The van der Waals surface area contributed by atoms with Gasteiger partial charge in [-0.1, -0.05) is 18.9 Å². The molecular formula is C20H21N3O4. The Labute approximate surface area is 157 Å². The summed E-state index contributed by atoms with van der Waals surface area (Å²) in [5.41, 5.74) is 0.698. The van der Waals surface area contributed by atoms with Crippen LogP contribution in [0, 0.1) is 6.92 Å². The normalized spacial score (nSPS) is 18.1. The monoisotopic (exact) mass is 367 g/mol. The zero-order valence-corrected chi connectivity index (χ0v) is 15.3. The van der Waals surface area contributed by atoms with E-state index in [4.69, 9.17) is 9.47 Å². The van der Waals surface area contributed by atoms with E-state index in [1.807, 2.05) is 19.1 Å². The lowest BCUT2D eigenvalue weighted by Crippen LogP contribution is -2.44. The largest absolute Gasteiger partial charge is 0.496 e. The molecular weight excluding hydrogens is 346 g/mol. The van der Waals surface area contributed by atoms with Crippen LogP contribution in [0.4, 0.5) is 10.5 Å². The Kier molecular flexibility index (Phi) is 4.22. The molecule has 27 heavy (non-hydrogen) atoms. The molecule has 7 nitrogen and oxygen atoms in total. The minimum Gasteiger partial charge on any atom is -0.496 e. The fraction of sp³-hybridized carbons (Fsp3) is 0.350. The second-order valence-corrected chi connectivity index (χ2v) is 6.95. The predicted octanol–water partition coefficient (Wildman–Crippen LogP) is 3.56. The summed E-state index contributed by atoms with van der Waals surface area (Å²) in [6.07, 6.45) is 4.79. The van der Waals surface area contributed by atoms with Crippen molar-refractivity contribution >= 4 is 17.6 Å². The number of methoxy groups -OCH3 is 1. The Balaban J connectivity index is 1.59. The number of ether oxygens (including phenoxy) is 2. The molecule has 1 saturated heterocycles. The van der Waals surface area contributed by atoms with Gasteiger partial charge < -0.3 is 14.8 Å². The fourth-order valence-electron chi connectivity index (χ4n) is 3.75. The Morgan fingerprint density at radius 2 is 1.93 bits per heavy atom. The number of pyridine rings is 1. The van der Waals surface area contributed by atoms with Gasteiger partial charge >= 0.3 is 6.03 Å². The van der Waals surface area contributed by atoms with Gasteiger partial charge in [-0.25, -0.2) is 14.7 Å². The van der Waals surface area contributed by atoms with Gasteiger partial charge in [0.05, 0.1) is 12.8 Å². The first-order valence-corrected chi connectivity index (χ1v) is 8.98. The fourth-order valence-corrected chi connectivity index (χ4v) is 3.75. The second-order valence-electron chi connectivity index (χ2n) is 6.95. The predicted molar refractivity (Wildman–Crippen MR) is 99.3 cm³/mol. The maximum Gasteiger partial charge on any atom is 0.329 e. The number of aromatic nitrogens is 1. The van der Waals surface area contributed by atoms with Crippen molar-refractivity contribution < 1.29 is 19.1 Å². The number of amides is 3. The highest BCUT2D eigenvalue weighted by Crippen LogP contribution is 2.37. The van der Waals surface area contributed by atoms with Crippen LogP contribution in [0.5, 0.6) is 17.4 Å². The van der Waals surface area contributed by atoms with E-state index in [0.29, 0.717) is 35.9 Å². The molecule has 2 heterocycles. The van der Waals surface area contributed by atoms with E-state index in [0.717, 1.165) is 18.4 Å². The molecule has 2 fully saturated rings. The number of carbonyl (C=O) groups excluding carboxylic acids is 2. The third kappa shape index (κ3) is 2.99. The van der Waals surface area contributed by atoms with Crippen molar-refractivity contribution in [3.63, 3.8) is 0 Å². The van der Waals surface area contributed by atoms with Crippen molar-refractivity contribution in [2.24, 2.45) is 0 Å². The van der Waals surface area contributed by atoms with Crippen LogP contribution in [0.15, 0.2) is 36.5 Å².